The maximum atomic E-state index is 11.6. The fraction of sp³-hybridized carbons (Fsp3) is 0.188. The van der Waals surface area contributed by atoms with Crippen LogP contribution in [0.25, 0.3) is 10.8 Å². The Labute approximate surface area is 106 Å². The number of rotatable bonds is 1. The van der Waals surface area contributed by atoms with Crippen molar-refractivity contribution in [3.05, 3.63) is 60.4 Å². The highest BCUT2D eigenvalue weighted by atomic mass is 16.5. The van der Waals surface area contributed by atoms with Gasteiger partial charge in [0.2, 0.25) is 0 Å². The Balaban J connectivity index is 2.20. The molecule has 0 aliphatic carbocycles. The zero-order valence-corrected chi connectivity index (χ0v) is 10.2. The second kappa shape index (κ2) is 3.98. The standard InChI is InChI=1S/C16H14O2/c1-16(11-13(17)9-10-18-16)15-8-4-6-12-5-2-3-7-14(12)15/h2-10H,11H2,1H3. The highest BCUT2D eigenvalue weighted by Gasteiger charge is 2.33. The molecule has 2 nitrogen and oxygen atoms in total. The Kier molecular flexibility index (Phi) is 2.44. The van der Waals surface area contributed by atoms with Crippen LogP contribution in [0.15, 0.2) is 54.8 Å². The van der Waals surface area contributed by atoms with Gasteiger partial charge in [-0.3, -0.25) is 4.79 Å². The quantitative estimate of drug-likeness (QED) is 0.759. The monoisotopic (exact) mass is 238 g/mol. The summed E-state index contributed by atoms with van der Waals surface area (Å²) in [6.45, 7) is 1.97. The minimum absolute atomic E-state index is 0.108. The summed E-state index contributed by atoms with van der Waals surface area (Å²) >= 11 is 0. The van der Waals surface area contributed by atoms with E-state index in [1.807, 2.05) is 31.2 Å². The van der Waals surface area contributed by atoms with Crippen LogP contribution in [-0.4, -0.2) is 5.78 Å². The summed E-state index contributed by atoms with van der Waals surface area (Å²) in [7, 11) is 0. The molecule has 0 saturated heterocycles. The lowest BCUT2D eigenvalue weighted by Gasteiger charge is -2.32. The van der Waals surface area contributed by atoms with Gasteiger partial charge in [0.1, 0.15) is 5.60 Å². The first kappa shape index (κ1) is 11.0. The van der Waals surface area contributed by atoms with Crippen molar-refractivity contribution in [2.75, 3.05) is 0 Å². The van der Waals surface area contributed by atoms with E-state index in [1.165, 1.54) is 17.7 Å². The van der Waals surface area contributed by atoms with Crippen LogP contribution in [0.4, 0.5) is 0 Å². The largest absolute Gasteiger partial charge is 0.490 e. The molecule has 0 N–H and O–H groups in total. The van der Waals surface area contributed by atoms with Crippen LogP contribution in [0.5, 0.6) is 0 Å². The predicted octanol–water partition coefficient (Wildman–Crippen LogP) is 3.56. The van der Waals surface area contributed by atoms with Gasteiger partial charge in [-0.15, -0.1) is 0 Å². The summed E-state index contributed by atoms with van der Waals surface area (Å²) in [5.74, 6) is 0.108. The first-order chi connectivity index (χ1) is 8.69. The molecular formula is C16H14O2. The SMILES string of the molecule is CC1(c2cccc3ccccc23)CC(=O)C=CO1. The highest BCUT2D eigenvalue weighted by molar-refractivity contribution is 5.92. The topological polar surface area (TPSA) is 26.3 Å². The maximum absolute atomic E-state index is 11.6. The molecule has 90 valence electrons. The molecule has 3 rings (SSSR count). The van der Waals surface area contributed by atoms with E-state index in [1.54, 1.807) is 0 Å². The Bertz CT molecular complexity index is 637. The van der Waals surface area contributed by atoms with Gasteiger partial charge >= 0.3 is 0 Å². The van der Waals surface area contributed by atoms with E-state index in [0.717, 1.165) is 10.9 Å². The van der Waals surface area contributed by atoms with Gasteiger partial charge in [-0.1, -0.05) is 42.5 Å². The molecule has 0 saturated carbocycles. The van der Waals surface area contributed by atoms with Crippen LogP contribution >= 0.6 is 0 Å². The van der Waals surface area contributed by atoms with Crippen LogP contribution < -0.4 is 0 Å². The van der Waals surface area contributed by atoms with E-state index in [-0.39, 0.29) is 5.78 Å². The van der Waals surface area contributed by atoms with E-state index in [0.29, 0.717) is 6.42 Å². The van der Waals surface area contributed by atoms with Crippen molar-refractivity contribution in [2.45, 2.75) is 18.9 Å². The number of ketones is 1. The number of benzene rings is 2. The second-order valence-electron chi connectivity index (χ2n) is 4.82. The third-order valence-electron chi connectivity index (χ3n) is 3.45. The van der Waals surface area contributed by atoms with Gasteiger partial charge in [0.25, 0.3) is 0 Å². The molecule has 1 aliphatic rings. The summed E-state index contributed by atoms with van der Waals surface area (Å²) in [4.78, 5) is 11.6. The normalized spacial score (nSPS) is 23.1. The molecule has 2 heteroatoms. The van der Waals surface area contributed by atoms with E-state index < -0.39 is 5.60 Å². The van der Waals surface area contributed by atoms with Crippen LogP contribution in [0.3, 0.4) is 0 Å². The summed E-state index contributed by atoms with van der Waals surface area (Å²) in [5, 5.41) is 2.31. The van der Waals surface area contributed by atoms with Gasteiger partial charge in [0, 0.05) is 11.6 Å². The molecule has 0 amide bonds. The van der Waals surface area contributed by atoms with Crippen LogP contribution in [0.2, 0.25) is 0 Å². The third kappa shape index (κ3) is 1.70. The van der Waals surface area contributed by atoms with Gasteiger partial charge < -0.3 is 4.74 Å². The molecule has 1 atom stereocenters. The van der Waals surface area contributed by atoms with E-state index in [4.69, 9.17) is 4.74 Å². The second-order valence-corrected chi connectivity index (χ2v) is 4.82. The Hall–Kier alpha value is -2.09. The minimum atomic E-state index is -0.563. The van der Waals surface area contributed by atoms with Gasteiger partial charge in [0.05, 0.1) is 12.7 Å². The average molecular weight is 238 g/mol. The molecule has 2 aromatic carbocycles. The zero-order chi connectivity index (χ0) is 12.6. The number of hydrogen-bond donors (Lipinski definition) is 0. The van der Waals surface area contributed by atoms with Crippen molar-refractivity contribution in [3.63, 3.8) is 0 Å². The van der Waals surface area contributed by atoms with Crippen molar-refractivity contribution >= 4 is 16.6 Å². The van der Waals surface area contributed by atoms with Crippen LogP contribution in [0.1, 0.15) is 18.9 Å². The van der Waals surface area contributed by atoms with E-state index >= 15 is 0 Å². The lowest BCUT2D eigenvalue weighted by molar-refractivity contribution is -0.121. The fourth-order valence-electron chi connectivity index (χ4n) is 2.54. The zero-order valence-electron chi connectivity index (χ0n) is 10.2. The van der Waals surface area contributed by atoms with Gasteiger partial charge in [0.15, 0.2) is 5.78 Å². The number of ether oxygens (including phenoxy) is 1. The Morgan fingerprint density at radius 2 is 1.89 bits per heavy atom. The van der Waals surface area contributed by atoms with Crippen LogP contribution in [-0.2, 0) is 15.1 Å². The van der Waals surface area contributed by atoms with Crippen LogP contribution in [0, 0.1) is 0 Å². The maximum Gasteiger partial charge on any atom is 0.163 e. The van der Waals surface area contributed by atoms with Crippen molar-refractivity contribution in [2.24, 2.45) is 0 Å². The number of carbonyl (C=O) groups excluding carboxylic acids is 1. The van der Waals surface area contributed by atoms with E-state index in [2.05, 4.69) is 18.2 Å². The van der Waals surface area contributed by atoms with Gasteiger partial charge in [-0.05, 0) is 17.7 Å². The average Bonchev–Trinajstić information content (AvgIpc) is 2.38. The molecular weight excluding hydrogens is 224 g/mol. The molecule has 18 heavy (non-hydrogen) atoms. The molecule has 0 spiro atoms. The van der Waals surface area contributed by atoms with E-state index in [9.17, 15) is 4.79 Å². The predicted molar refractivity (Wildman–Crippen MR) is 71.1 cm³/mol. The first-order valence-corrected chi connectivity index (χ1v) is 6.04. The molecule has 1 heterocycles. The van der Waals surface area contributed by atoms with Gasteiger partial charge in [-0.2, -0.15) is 0 Å². The summed E-state index contributed by atoms with van der Waals surface area (Å²) in [6, 6.07) is 14.3. The molecule has 2 aromatic rings. The van der Waals surface area contributed by atoms with Crippen molar-refractivity contribution in [3.8, 4) is 0 Å². The minimum Gasteiger partial charge on any atom is -0.490 e. The van der Waals surface area contributed by atoms with Crippen molar-refractivity contribution in [1.82, 2.24) is 0 Å². The molecule has 1 aliphatic heterocycles. The molecule has 0 bridgehead atoms. The number of hydrogen-bond acceptors (Lipinski definition) is 2. The smallest absolute Gasteiger partial charge is 0.163 e. The van der Waals surface area contributed by atoms with Gasteiger partial charge in [-0.25, -0.2) is 0 Å². The number of carbonyl (C=O) groups is 1. The lowest BCUT2D eigenvalue weighted by Crippen LogP contribution is -2.29. The Morgan fingerprint density at radius 1 is 1.11 bits per heavy atom. The summed E-state index contributed by atoms with van der Waals surface area (Å²) in [6.07, 6.45) is 3.39. The number of allylic oxidation sites excluding steroid dienone is 1. The first-order valence-electron chi connectivity index (χ1n) is 6.04. The Morgan fingerprint density at radius 3 is 2.72 bits per heavy atom. The van der Waals surface area contributed by atoms with Crippen molar-refractivity contribution in [1.29, 1.82) is 0 Å². The third-order valence-corrected chi connectivity index (χ3v) is 3.45. The highest BCUT2D eigenvalue weighted by Crippen LogP contribution is 2.36. The summed E-state index contributed by atoms with van der Waals surface area (Å²) in [5.41, 5.74) is 0.505. The molecule has 0 radical (unpaired) electrons. The lowest BCUT2D eigenvalue weighted by atomic mass is 9.86. The number of fused-ring (bicyclic) bond motifs is 1. The molecule has 1 unspecified atom stereocenters. The fourth-order valence-corrected chi connectivity index (χ4v) is 2.54. The van der Waals surface area contributed by atoms with Crippen molar-refractivity contribution < 1.29 is 9.53 Å². The molecule has 0 fully saturated rings. The summed E-state index contributed by atoms with van der Waals surface area (Å²) < 4.78 is 5.73. The molecule has 0 aromatic heterocycles.